The summed E-state index contributed by atoms with van der Waals surface area (Å²) in [5, 5.41) is 3.89. The summed E-state index contributed by atoms with van der Waals surface area (Å²) in [6.45, 7) is 6.45. The number of hydrogen-bond acceptors (Lipinski definition) is 4. The van der Waals surface area contributed by atoms with Gasteiger partial charge in [0, 0.05) is 52.0 Å². The highest BCUT2D eigenvalue weighted by atomic mass is 16.1. The summed E-state index contributed by atoms with van der Waals surface area (Å²) < 4.78 is 0. The van der Waals surface area contributed by atoms with Crippen molar-refractivity contribution < 1.29 is 4.79 Å². The standard InChI is InChI=1S/C20H23N5O/c1-15(26)23-17-13-22-20-19(17)18(7-8-21-20)25-11-9-24(10-12-25)14-16-5-3-2-4-6-16/h2-8,13H,9-12,14H2,1H3,(H,21,22)(H,23,26). The Balaban J connectivity index is 1.50. The smallest absolute Gasteiger partial charge is 0.221 e. The lowest BCUT2D eigenvalue weighted by molar-refractivity contribution is -0.114. The molecule has 1 amide bonds. The summed E-state index contributed by atoms with van der Waals surface area (Å²) in [5.41, 5.74) is 4.07. The van der Waals surface area contributed by atoms with Crippen LogP contribution in [-0.2, 0) is 11.3 Å². The SMILES string of the molecule is CC(=O)Nc1c[nH]c2nccc(N3CCN(Cc4ccccc4)CC3)c12. The van der Waals surface area contributed by atoms with Gasteiger partial charge in [0.1, 0.15) is 5.65 Å². The van der Waals surface area contributed by atoms with Crippen molar-refractivity contribution in [3.8, 4) is 0 Å². The zero-order valence-electron chi connectivity index (χ0n) is 14.9. The number of piperazine rings is 1. The highest BCUT2D eigenvalue weighted by molar-refractivity contribution is 6.05. The summed E-state index contributed by atoms with van der Waals surface area (Å²) >= 11 is 0. The number of aromatic nitrogens is 2. The van der Waals surface area contributed by atoms with E-state index in [2.05, 4.69) is 55.4 Å². The second kappa shape index (κ2) is 7.17. The van der Waals surface area contributed by atoms with Crippen LogP contribution in [0.4, 0.5) is 11.4 Å². The zero-order valence-corrected chi connectivity index (χ0v) is 14.9. The first-order valence-electron chi connectivity index (χ1n) is 8.95. The number of fused-ring (bicyclic) bond motifs is 1. The van der Waals surface area contributed by atoms with Crippen LogP contribution in [0.2, 0.25) is 0 Å². The van der Waals surface area contributed by atoms with Gasteiger partial charge >= 0.3 is 0 Å². The van der Waals surface area contributed by atoms with E-state index in [1.807, 2.05) is 18.5 Å². The lowest BCUT2D eigenvalue weighted by Crippen LogP contribution is -2.46. The number of anilines is 2. The third kappa shape index (κ3) is 3.41. The predicted octanol–water partition coefficient (Wildman–Crippen LogP) is 2.84. The van der Waals surface area contributed by atoms with Crippen LogP contribution in [0, 0.1) is 0 Å². The number of carbonyl (C=O) groups is 1. The first-order valence-corrected chi connectivity index (χ1v) is 8.95. The molecule has 134 valence electrons. The van der Waals surface area contributed by atoms with Crippen LogP contribution in [0.15, 0.2) is 48.8 Å². The number of carbonyl (C=O) groups excluding carboxylic acids is 1. The largest absolute Gasteiger partial charge is 0.368 e. The number of rotatable bonds is 4. The van der Waals surface area contributed by atoms with Gasteiger partial charge in [-0.3, -0.25) is 9.69 Å². The highest BCUT2D eigenvalue weighted by Crippen LogP contribution is 2.32. The fourth-order valence-corrected chi connectivity index (χ4v) is 3.58. The van der Waals surface area contributed by atoms with Crippen molar-refractivity contribution >= 4 is 28.3 Å². The molecule has 6 nitrogen and oxygen atoms in total. The molecule has 26 heavy (non-hydrogen) atoms. The van der Waals surface area contributed by atoms with E-state index in [9.17, 15) is 4.79 Å². The molecule has 0 saturated carbocycles. The van der Waals surface area contributed by atoms with Crippen molar-refractivity contribution in [2.45, 2.75) is 13.5 Å². The zero-order chi connectivity index (χ0) is 17.9. The Bertz CT molecular complexity index is 897. The highest BCUT2D eigenvalue weighted by Gasteiger charge is 2.21. The summed E-state index contributed by atoms with van der Waals surface area (Å²) in [5.74, 6) is -0.0756. The molecule has 1 saturated heterocycles. The molecule has 0 bridgehead atoms. The molecule has 0 unspecified atom stereocenters. The Hall–Kier alpha value is -2.86. The van der Waals surface area contributed by atoms with Crippen LogP contribution in [0.5, 0.6) is 0 Å². The van der Waals surface area contributed by atoms with E-state index in [1.165, 1.54) is 12.5 Å². The number of benzene rings is 1. The van der Waals surface area contributed by atoms with Crippen LogP contribution in [0.3, 0.4) is 0 Å². The monoisotopic (exact) mass is 349 g/mol. The minimum Gasteiger partial charge on any atom is -0.368 e. The lowest BCUT2D eigenvalue weighted by atomic mass is 10.1. The average Bonchev–Trinajstić information content (AvgIpc) is 3.06. The van der Waals surface area contributed by atoms with Gasteiger partial charge in [-0.1, -0.05) is 30.3 Å². The number of pyridine rings is 1. The number of aromatic amines is 1. The predicted molar refractivity (Wildman–Crippen MR) is 104 cm³/mol. The molecule has 3 aromatic rings. The van der Waals surface area contributed by atoms with Crippen LogP contribution in [0.25, 0.3) is 11.0 Å². The van der Waals surface area contributed by atoms with Crippen molar-refractivity contribution in [3.05, 3.63) is 54.4 Å². The molecule has 0 spiro atoms. The molecule has 0 atom stereocenters. The quantitative estimate of drug-likeness (QED) is 0.760. The maximum Gasteiger partial charge on any atom is 0.221 e. The summed E-state index contributed by atoms with van der Waals surface area (Å²) in [7, 11) is 0. The van der Waals surface area contributed by atoms with Crippen LogP contribution >= 0.6 is 0 Å². The van der Waals surface area contributed by atoms with Gasteiger partial charge in [0.25, 0.3) is 0 Å². The Morgan fingerprint density at radius 1 is 1.15 bits per heavy atom. The van der Waals surface area contributed by atoms with Gasteiger partial charge in [-0.25, -0.2) is 4.98 Å². The van der Waals surface area contributed by atoms with Gasteiger partial charge in [-0.2, -0.15) is 0 Å². The minimum absolute atomic E-state index is 0.0756. The second-order valence-electron chi connectivity index (χ2n) is 6.69. The molecule has 3 heterocycles. The number of H-pyrrole nitrogens is 1. The first-order chi connectivity index (χ1) is 12.7. The van der Waals surface area contributed by atoms with Gasteiger partial charge in [0.15, 0.2) is 0 Å². The van der Waals surface area contributed by atoms with Gasteiger partial charge in [-0.15, -0.1) is 0 Å². The van der Waals surface area contributed by atoms with E-state index < -0.39 is 0 Å². The Morgan fingerprint density at radius 2 is 1.92 bits per heavy atom. The van der Waals surface area contributed by atoms with Gasteiger partial charge in [0.2, 0.25) is 5.91 Å². The normalized spacial score (nSPS) is 15.3. The second-order valence-corrected chi connectivity index (χ2v) is 6.69. The van der Waals surface area contributed by atoms with Crippen LogP contribution in [-0.4, -0.2) is 47.0 Å². The molecule has 4 rings (SSSR count). The molecule has 1 aliphatic heterocycles. The number of nitrogens with one attached hydrogen (secondary N) is 2. The van der Waals surface area contributed by atoms with E-state index in [-0.39, 0.29) is 5.91 Å². The van der Waals surface area contributed by atoms with Crippen molar-refractivity contribution in [1.29, 1.82) is 0 Å². The number of nitrogens with zero attached hydrogens (tertiary/aromatic N) is 3. The molecule has 1 fully saturated rings. The summed E-state index contributed by atoms with van der Waals surface area (Å²) in [6, 6.07) is 12.6. The maximum absolute atomic E-state index is 11.5. The minimum atomic E-state index is -0.0756. The Labute approximate surface area is 152 Å². The maximum atomic E-state index is 11.5. The van der Waals surface area contributed by atoms with Crippen LogP contribution < -0.4 is 10.2 Å². The molecule has 1 aliphatic rings. The van der Waals surface area contributed by atoms with E-state index in [4.69, 9.17) is 0 Å². The average molecular weight is 349 g/mol. The third-order valence-corrected chi connectivity index (χ3v) is 4.82. The molecular weight excluding hydrogens is 326 g/mol. The summed E-state index contributed by atoms with van der Waals surface area (Å²) in [6.07, 6.45) is 3.64. The number of hydrogen-bond donors (Lipinski definition) is 2. The van der Waals surface area contributed by atoms with Crippen LogP contribution in [0.1, 0.15) is 12.5 Å². The third-order valence-electron chi connectivity index (χ3n) is 4.82. The Morgan fingerprint density at radius 3 is 2.65 bits per heavy atom. The van der Waals surface area contributed by atoms with Crippen molar-refractivity contribution in [2.75, 3.05) is 36.4 Å². The van der Waals surface area contributed by atoms with E-state index >= 15 is 0 Å². The molecule has 2 aromatic heterocycles. The van der Waals surface area contributed by atoms with E-state index in [0.717, 1.165) is 55.1 Å². The summed E-state index contributed by atoms with van der Waals surface area (Å²) in [4.78, 5) is 23.9. The van der Waals surface area contributed by atoms with E-state index in [1.54, 1.807) is 0 Å². The fourth-order valence-electron chi connectivity index (χ4n) is 3.58. The van der Waals surface area contributed by atoms with Crippen molar-refractivity contribution in [1.82, 2.24) is 14.9 Å². The molecule has 0 aliphatic carbocycles. The fraction of sp³-hybridized carbons (Fsp3) is 0.300. The molecule has 0 radical (unpaired) electrons. The molecule has 2 N–H and O–H groups in total. The molecule has 1 aromatic carbocycles. The Kier molecular flexibility index (Phi) is 4.58. The van der Waals surface area contributed by atoms with Crippen molar-refractivity contribution in [2.24, 2.45) is 0 Å². The molecule has 6 heteroatoms. The molecular formula is C20H23N5O. The topological polar surface area (TPSA) is 64.3 Å². The van der Waals surface area contributed by atoms with Gasteiger partial charge in [-0.05, 0) is 11.6 Å². The van der Waals surface area contributed by atoms with Gasteiger partial charge < -0.3 is 15.2 Å². The van der Waals surface area contributed by atoms with Gasteiger partial charge in [0.05, 0.1) is 16.8 Å². The number of amides is 1. The lowest BCUT2D eigenvalue weighted by Gasteiger charge is -2.36. The van der Waals surface area contributed by atoms with Crippen molar-refractivity contribution in [3.63, 3.8) is 0 Å². The first kappa shape index (κ1) is 16.6. The van der Waals surface area contributed by atoms with E-state index in [0.29, 0.717) is 0 Å².